The molecule has 21 heavy (non-hydrogen) atoms. The van der Waals surface area contributed by atoms with Gasteiger partial charge in [0.15, 0.2) is 0 Å². The molecule has 0 unspecified atom stereocenters. The predicted octanol–water partition coefficient (Wildman–Crippen LogP) is 4.99. The van der Waals surface area contributed by atoms with Crippen LogP contribution in [0.25, 0.3) is 10.1 Å². The van der Waals surface area contributed by atoms with Crippen molar-refractivity contribution in [1.29, 1.82) is 0 Å². The van der Waals surface area contributed by atoms with Gasteiger partial charge in [-0.15, -0.1) is 11.3 Å². The van der Waals surface area contributed by atoms with Gasteiger partial charge in [-0.2, -0.15) is 0 Å². The monoisotopic (exact) mass is 294 g/mol. The molecule has 0 fully saturated rings. The molecule has 0 bridgehead atoms. The summed E-state index contributed by atoms with van der Waals surface area (Å²) < 4.78 is 1.25. The highest BCUT2D eigenvalue weighted by molar-refractivity contribution is 7.17. The third kappa shape index (κ3) is 2.64. The Morgan fingerprint density at radius 2 is 1.67 bits per heavy atom. The van der Waals surface area contributed by atoms with Gasteiger partial charge in [-0.3, -0.25) is 4.79 Å². The van der Waals surface area contributed by atoms with Crippen molar-refractivity contribution in [3.05, 3.63) is 71.1 Å². The van der Waals surface area contributed by atoms with E-state index in [1.54, 1.807) is 11.3 Å². The summed E-state index contributed by atoms with van der Waals surface area (Å²) in [5.41, 5.74) is 1.77. The van der Waals surface area contributed by atoms with E-state index in [2.05, 4.69) is 17.5 Å². The lowest BCUT2D eigenvalue weighted by Gasteiger charge is -2.23. The van der Waals surface area contributed by atoms with E-state index >= 15 is 0 Å². The lowest BCUT2D eigenvalue weighted by Crippen LogP contribution is -2.30. The molecule has 0 spiro atoms. The van der Waals surface area contributed by atoms with Crippen molar-refractivity contribution >= 4 is 27.2 Å². The molecule has 2 aromatic carbocycles. The minimum atomic E-state index is -0.454. The quantitative estimate of drug-likeness (QED) is 0.662. The van der Waals surface area contributed by atoms with Crippen LogP contribution in [0.5, 0.6) is 0 Å². The molecule has 3 aromatic rings. The molecule has 106 valence electrons. The van der Waals surface area contributed by atoms with Crippen LogP contribution < -0.4 is 0 Å². The molecule has 0 amide bonds. The van der Waals surface area contributed by atoms with Crippen molar-refractivity contribution < 1.29 is 4.79 Å². The van der Waals surface area contributed by atoms with Crippen LogP contribution in [0.3, 0.4) is 0 Å². The number of carbonyl (C=O) groups is 1. The molecule has 0 saturated heterocycles. The second kappa shape index (κ2) is 5.45. The maximum Gasteiger partial charge on any atom is 0.147 e. The van der Waals surface area contributed by atoms with Crippen LogP contribution in [0.15, 0.2) is 60.0 Å². The van der Waals surface area contributed by atoms with E-state index in [4.69, 9.17) is 0 Å². The first-order chi connectivity index (χ1) is 10.1. The first kappa shape index (κ1) is 14.0. The molecule has 0 aliphatic rings. The van der Waals surface area contributed by atoms with Gasteiger partial charge in [-0.1, -0.05) is 48.5 Å². The summed E-state index contributed by atoms with van der Waals surface area (Å²) in [6, 6.07) is 18.3. The maximum absolute atomic E-state index is 12.8. The summed E-state index contributed by atoms with van der Waals surface area (Å²) in [4.78, 5) is 12.8. The lowest BCUT2D eigenvalue weighted by atomic mass is 9.78. The predicted molar refractivity (Wildman–Crippen MR) is 90.0 cm³/mol. The van der Waals surface area contributed by atoms with Crippen molar-refractivity contribution in [3.63, 3.8) is 0 Å². The van der Waals surface area contributed by atoms with E-state index < -0.39 is 5.41 Å². The number of thiophene rings is 1. The number of carbonyl (C=O) groups excluding carboxylic acids is 1. The van der Waals surface area contributed by atoms with Crippen LogP contribution in [0.4, 0.5) is 0 Å². The molecule has 0 N–H and O–H groups in total. The van der Waals surface area contributed by atoms with Crippen LogP contribution in [0.1, 0.15) is 25.0 Å². The molecule has 0 radical (unpaired) electrons. The molecular weight excluding hydrogens is 276 g/mol. The van der Waals surface area contributed by atoms with Crippen LogP contribution in [0, 0.1) is 0 Å². The normalized spacial score (nSPS) is 11.7. The summed E-state index contributed by atoms with van der Waals surface area (Å²) in [7, 11) is 0. The summed E-state index contributed by atoms with van der Waals surface area (Å²) in [5, 5.41) is 3.32. The second-order valence-corrected chi connectivity index (χ2v) is 6.76. The smallest absolute Gasteiger partial charge is 0.147 e. The Morgan fingerprint density at radius 3 is 2.43 bits per heavy atom. The van der Waals surface area contributed by atoms with Gasteiger partial charge in [-0.25, -0.2) is 0 Å². The van der Waals surface area contributed by atoms with Gasteiger partial charge in [0.1, 0.15) is 5.78 Å². The standard InChI is InChI=1S/C19H18OS/c1-19(2,15-8-4-3-5-9-15)18(20)12-14-13-21-17-11-7-6-10-16(14)17/h3-11,13H,12H2,1-2H3. The molecule has 0 aliphatic carbocycles. The van der Waals surface area contributed by atoms with Crippen LogP contribution >= 0.6 is 11.3 Å². The second-order valence-electron chi connectivity index (χ2n) is 5.85. The molecule has 1 aromatic heterocycles. The van der Waals surface area contributed by atoms with Gasteiger partial charge in [0.05, 0.1) is 0 Å². The van der Waals surface area contributed by atoms with Crippen molar-refractivity contribution in [2.24, 2.45) is 0 Å². The SMILES string of the molecule is CC(C)(C(=O)Cc1csc2ccccc12)c1ccccc1. The van der Waals surface area contributed by atoms with Gasteiger partial charge >= 0.3 is 0 Å². The highest BCUT2D eigenvalue weighted by Crippen LogP contribution is 2.30. The van der Waals surface area contributed by atoms with Crippen LogP contribution in [-0.4, -0.2) is 5.78 Å². The zero-order chi connectivity index (χ0) is 14.9. The maximum atomic E-state index is 12.8. The van der Waals surface area contributed by atoms with Gasteiger partial charge < -0.3 is 0 Å². The van der Waals surface area contributed by atoms with Gasteiger partial charge in [0.25, 0.3) is 0 Å². The summed E-state index contributed by atoms with van der Waals surface area (Å²) in [6.07, 6.45) is 0.492. The first-order valence-electron chi connectivity index (χ1n) is 7.13. The fourth-order valence-corrected chi connectivity index (χ4v) is 3.54. The van der Waals surface area contributed by atoms with Crippen molar-refractivity contribution in [1.82, 2.24) is 0 Å². The van der Waals surface area contributed by atoms with Crippen molar-refractivity contribution in [2.45, 2.75) is 25.7 Å². The molecule has 3 rings (SSSR count). The summed E-state index contributed by atoms with van der Waals surface area (Å²) in [5.74, 6) is 0.261. The molecular formula is C19H18OS. The largest absolute Gasteiger partial charge is 0.298 e. The number of fused-ring (bicyclic) bond motifs is 1. The molecule has 0 saturated carbocycles. The first-order valence-corrected chi connectivity index (χ1v) is 8.01. The number of rotatable bonds is 4. The number of benzene rings is 2. The fourth-order valence-electron chi connectivity index (χ4n) is 2.58. The average molecular weight is 294 g/mol. The number of Topliss-reactive ketones (excluding diaryl/α,β-unsaturated/α-hetero) is 1. The molecule has 1 nitrogen and oxygen atoms in total. The third-order valence-electron chi connectivity index (χ3n) is 4.10. The molecule has 1 heterocycles. The summed E-state index contributed by atoms with van der Waals surface area (Å²) >= 11 is 1.71. The van der Waals surface area contributed by atoms with Crippen molar-refractivity contribution in [3.8, 4) is 0 Å². The van der Waals surface area contributed by atoms with Crippen LogP contribution in [-0.2, 0) is 16.6 Å². The Bertz CT molecular complexity index is 768. The molecule has 2 heteroatoms. The topological polar surface area (TPSA) is 17.1 Å². The van der Waals surface area contributed by atoms with Gasteiger partial charge in [-0.05, 0) is 41.8 Å². The zero-order valence-corrected chi connectivity index (χ0v) is 13.1. The van der Waals surface area contributed by atoms with E-state index in [9.17, 15) is 4.79 Å². The van der Waals surface area contributed by atoms with E-state index in [0.29, 0.717) is 6.42 Å². The fraction of sp³-hybridized carbons (Fsp3) is 0.211. The zero-order valence-electron chi connectivity index (χ0n) is 12.3. The number of ketones is 1. The lowest BCUT2D eigenvalue weighted by molar-refractivity contribution is -0.122. The van der Waals surface area contributed by atoms with E-state index in [1.807, 2.05) is 56.3 Å². The minimum Gasteiger partial charge on any atom is -0.298 e. The minimum absolute atomic E-state index is 0.261. The number of hydrogen-bond donors (Lipinski definition) is 0. The molecule has 0 aliphatic heterocycles. The van der Waals surface area contributed by atoms with Crippen molar-refractivity contribution in [2.75, 3.05) is 0 Å². The van der Waals surface area contributed by atoms with E-state index in [-0.39, 0.29) is 5.78 Å². The highest BCUT2D eigenvalue weighted by atomic mass is 32.1. The Hall–Kier alpha value is -1.93. The van der Waals surface area contributed by atoms with Crippen LogP contribution in [0.2, 0.25) is 0 Å². The highest BCUT2D eigenvalue weighted by Gasteiger charge is 2.29. The van der Waals surface area contributed by atoms with E-state index in [1.165, 1.54) is 10.1 Å². The van der Waals surface area contributed by atoms with E-state index in [0.717, 1.165) is 11.1 Å². The summed E-state index contributed by atoms with van der Waals surface area (Å²) in [6.45, 7) is 4.03. The average Bonchev–Trinajstić information content (AvgIpc) is 2.91. The Morgan fingerprint density at radius 1 is 1.00 bits per heavy atom. The van der Waals surface area contributed by atoms with Gasteiger partial charge in [0.2, 0.25) is 0 Å². The Kier molecular flexibility index (Phi) is 3.64. The van der Waals surface area contributed by atoms with Gasteiger partial charge in [0, 0.05) is 16.5 Å². The molecule has 0 atom stereocenters. The Labute approximate surface area is 129 Å². The Balaban J connectivity index is 1.89. The third-order valence-corrected chi connectivity index (χ3v) is 5.12. The number of hydrogen-bond acceptors (Lipinski definition) is 2.